The van der Waals surface area contributed by atoms with E-state index >= 15 is 0 Å². The van der Waals surface area contributed by atoms with E-state index in [0.717, 1.165) is 18.7 Å². The fraction of sp³-hybridized carbons (Fsp3) is 0.400. The van der Waals surface area contributed by atoms with Crippen molar-refractivity contribution >= 4 is 10.0 Å². The summed E-state index contributed by atoms with van der Waals surface area (Å²) in [6.45, 7) is 3.07. The third kappa shape index (κ3) is 5.02. The molecule has 0 bridgehead atoms. The Hall–Kier alpha value is -2.13. The maximum atomic E-state index is 12.6. The van der Waals surface area contributed by atoms with Gasteiger partial charge in [0, 0.05) is 32.2 Å². The maximum absolute atomic E-state index is 12.6. The number of nitrogens with one attached hydrogen (secondary N) is 1. The largest absolute Gasteiger partial charge is 0.493 e. The maximum Gasteiger partial charge on any atom is 0.240 e. The van der Waals surface area contributed by atoms with Crippen molar-refractivity contribution in [2.24, 2.45) is 0 Å². The molecule has 0 aromatic heterocycles. The summed E-state index contributed by atoms with van der Waals surface area (Å²) in [7, 11) is -0.643. The Balaban J connectivity index is 1.56. The van der Waals surface area contributed by atoms with Gasteiger partial charge >= 0.3 is 0 Å². The Morgan fingerprint density at radius 2 is 1.86 bits per heavy atom. The third-order valence-electron chi connectivity index (χ3n) is 4.71. The van der Waals surface area contributed by atoms with Crippen LogP contribution >= 0.6 is 0 Å². The van der Waals surface area contributed by atoms with Crippen molar-refractivity contribution in [1.29, 1.82) is 0 Å². The van der Waals surface area contributed by atoms with Crippen LogP contribution in [-0.2, 0) is 14.8 Å². The topological polar surface area (TPSA) is 77.1 Å². The van der Waals surface area contributed by atoms with E-state index in [0.29, 0.717) is 31.2 Å². The zero-order chi connectivity index (χ0) is 20.0. The highest BCUT2D eigenvalue weighted by atomic mass is 32.2. The summed E-state index contributed by atoms with van der Waals surface area (Å²) in [5, 5.41) is 0. The molecule has 7 nitrogen and oxygen atoms in total. The summed E-state index contributed by atoms with van der Waals surface area (Å²) in [5.41, 5.74) is 1.14. The van der Waals surface area contributed by atoms with Gasteiger partial charge in [-0.15, -0.1) is 0 Å². The van der Waals surface area contributed by atoms with Crippen LogP contribution < -0.4 is 14.2 Å². The first-order chi connectivity index (χ1) is 13.5. The molecule has 28 heavy (non-hydrogen) atoms. The molecule has 152 valence electrons. The van der Waals surface area contributed by atoms with Crippen molar-refractivity contribution in [3.63, 3.8) is 0 Å². The quantitative estimate of drug-likeness (QED) is 0.723. The molecule has 3 rings (SSSR count). The standard InChI is InChI=1S/C20H26N2O5S/c1-25-18-9-8-17(14-19(18)26-2)28(23,24)21-10-11-22-12-13-27-20(15-22)16-6-4-3-5-7-16/h3-9,14,20-21H,10-13,15H2,1-2H3/t20-/m1/s1. The predicted molar refractivity (Wildman–Crippen MR) is 106 cm³/mol. The Morgan fingerprint density at radius 3 is 2.57 bits per heavy atom. The summed E-state index contributed by atoms with van der Waals surface area (Å²) in [6, 6.07) is 14.6. The Bertz CT molecular complexity index is 873. The molecule has 1 fully saturated rings. The van der Waals surface area contributed by atoms with Crippen molar-refractivity contribution in [3.05, 3.63) is 54.1 Å². The van der Waals surface area contributed by atoms with Crippen LogP contribution in [0.3, 0.4) is 0 Å². The van der Waals surface area contributed by atoms with E-state index in [1.54, 1.807) is 6.07 Å². The summed E-state index contributed by atoms with van der Waals surface area (Å²) >= 11 is 0. The van der Waals surface area contributed by atoms with Gasteiger partial charge in [0.2, 0.25) is 10.0 Å². The number of sulfonamides is 1. The minimum absolute atomic E-state index is 0.0115. The third-order valence-corrected chi connectivity index (χ3v) is 6.17. The van der Waals surface area contributed by atoms with Gasteiger partial charge in [0.15, 0.2) is 11.5 Å². The molecular weight excluding hydrogens is 380 g/mol. The van der Waals surface area contributed by atoms with Crippen molar-refractivity contribution in [1.82, 2.24) is 9.62 Å². The second-order valence-corrected chi connectivity index (χ2v) is 8.25. The lowest BCUT2D eigenvalue weighted by molar-refractivity contribution is -0.0291. The number of morpholine rings is 1. The summed E-state index contributed by atoms with van der Waals surface area (Å²) in [4.78, 5) is 2.35. The molecule has 2 aromatic carbocycles. The van der Waals surface area contributed by atoms with E-state index in [9.17, 15) is 8.42 Å². The van der Waals surface area contributed by atoms with Crippen LogP contribution in [-0.4, -0.2) is 60.3 Å². The van der Waals surface area contributed by atoms with E-state index in [-0.39, 0.29) is 11.0 Å². The molecule has 1 saturated heterocycles. The first-order valence-electron chi connectivity index (χ1n) is 9.14. The fourth-order valence-corrected chi connectivity index (χ4v) is 4.22. The molecule has 8 heteroatoms. The van der Waals surface area contributed by atoms with Gasteiger partial charge in [-0.1, -0.05) is 30.3 Å². The first kappa shape index (κ1) is 20.6. The zero-order valence-electron chi connectivity index (χ0n) is 16.1. The predicted octanol–water partition coefficient (Wildman–Crippen LogP) is 2.06. The van der Waals surface area contributed by atoms with Crippen molar-refractivity contribution in [2.45, 2.75) is 11.0 Å². The summed E-state index contributed by atoms with van der Waals surface area (Å²) in [5.74, 6) is 0.867. The van der Waals surface area contributed by atoms with Gasteiger partial charge in [0.1, 0.15) is 0 Å². The number of hydrogen-bond acceptors (Lipinski definition) is 6. The molecule has 0 amide bonds. The van der Waals surface area contributed by atoms with Crippen molar-refractivity contribution in [3.8, 4) is 11.5 Å². The molecule has 1 N–H and O–H groups in total. The van der Waals surface area contributed by atoms with Crippen LogP contribution in [0.5, 0.6) is 11.5 Å². The highest BCUT2D eigenvalue weighted by Gasteiger charge is 2.22. The minimum Gasteiger partial charge on any atom is -0.493 e. The smallest absolute Gasteiger partial charge is 0.240 e. The molecule has 0 saturated carbocycles. The minimum atomic E-state index is -3.63. The van der Waals surface area contributed by atoms with Crippen LogP contribution in [0.4, 0.5) is 0 Å². The normalized spacial score (nSPS) is 18.0. The van der Waals surface area contributed by atoms with Gasteiger partial charge in [-0.25, -0.2) is 13.1 Å². The molecule has 2 aromatic rings. The monoisotopic (exact) mass is 406 g/mol. The molecular formula is C20H26N2O5S. The van der Waals surface area contributed by atoms with Gasteiger partial charge in [-0.3, -0.25) is 4.90 Å². The average Bonchev–Trinajstić information content (AvgIpc) is 2.74. The van der Waals surface area contributed by atoms with E-state index in [4.69, 9.17) is 14.2 Å². The van der Waals surface area contributed by atoms with Gasteiger partial charge in [-0.2, -0.15) is 0 Å². The molecule has 1 heterocycles. The van der Waals surface area contributed by atoms with E-state index < -0.39 is 10.0 Å². The Labute approximate surface area is 166 Å². The molecule has 0 radical (unpaired) electrons. The number of rotatable bonds is 8. The van der Waals surface area contributed by atoms with E-state index in [1.165, 1.54) is 26.4 Å². The molecule has 0 aliphatic carbocycles. The lowest BCUT2D eigenvalue weighted by Crippen LogP contribution is -2.42. The van der Waals surface area contributed by atoms with Gasteiger partial charge < -0.3 is 14.2 Å². The lowest BCUT2D eigenvalue weighted by Gasteiger charge is -2.33. The van der Waals surface area contributed by atoms with Crippen LogP contribution in [0, 0.1) is 0 Å². The van der Waals surface area contributed by atoms with Crippen LogP contribution in [0.15, 0.2) is 53.4 Å². The number of ether oxygens (including phenoxy) is 3. The van der Waals surface area contributed by atoms with E-state index in [1.807, 2.05) is 30.3 Å². The van der Waals surface area contributed by atoms with Gasteiger partial charge in [-0.05, 0) is 17.7 Å². The molecule has 0 unspecified atom stereocenters. The second-order valence-electron chi connectivity index (χ2n) is 6.49. The number of hydrogen-bond donors (Lipinski definition) is 1. The van der Waals surface area contributed by atoms with Crippen molar-refractivity contribution in [2.75, 3.05) is 47.0 Å². The first-order valence-corrected chi connectivity index (χ1v) is 10.6. The van der Waals surface area contributed by atoms with Crippen LogP contribution in [0.2, 0.25) is 0 Å². The molecule has 1 aliphatic rings. The fourth-order valence-electron chi connectivity index (χ4n) is 3.18. The SMILES string of the molecule is COc1ccc(S(=O)(=O)NCCN2CCO[C@@H](c3ccccc3)C2)cc1OC. The number of nitrogens with zero attached hydrogens (tertiary/aromatic N) is 1. The Morgan fingerprint density at radius 1 is 1.11 bits per heavy atom. The Kier molecular flexibility index (Phi) is 6.90. The molecule has 1 atom stereocenters. The van der Waals surface area contributed by atoms with Crippen LogP contribution in [0.1, 0.15) is 11.7 Å². The number of methoxy groups -OCH3 is 2. The highest BCUT2D eigenvalue weighted by Crippen LogP contribution is 2.29. The molecule has 1 aliphatic heterocycles. The average molecular weight is 407 g/mol. The van der Waals surface area contributed by atoms with Crippen molar-refractivity contribution < 1.29 is 22.6 Å². The highest BCUT2D eigenvalue weighted by molar-refractivity contribution is 7.89. The zero-order valence-corrected chi connectivity index (χ0v) is 16.9. The lowest BCUT2D eigenvalue weighted by atomic mass is 10.1. The second kappa shape index (κ2) is 9.38. The molecule has 0 spiro atoms. The van der Waals surface area contributed by atoms with Gasteiger partial charge in [0.05, 0.1) is 31.8 Å². The summed E-state index contributed by atoms with van der Waals surface area (Å²) in [6.07, 6.45) is 0.0115. The van der Waals surface area contributed by atoms with Gasteiger partial charge in [0.25, 0.3) is 0 Å². The van der Waals surface area contributed by atoms with E-state index in [2.05, 4.69) is 9.62 Å². The summed E-state index contributed by atoms with van der Waals surface area (Å²) < 4.78 is 44.0. The number of benzene rings is 2. The van der Waals surface area contributed by atoms with Crippen LogP contribution in [0.25, 0.3) is 0 Å².